The number of hydrogen-bond acceptors (Lipinski definition) is 10. The molecular weight excluding hydrogens is 404 g/mol. The Bertz CT molecular complexity index is 898. The van der Waals surface area contributed by atoms with Crippen molar-refractivity contribution in [1.82, 2.24) is 10.9 Å². The van der Waals surface area contributed by atoms with Gasteiger partial charge < -0.3 is 8.83 Å². The van der Waals surface area contributed by atoms with Crippen molar-refractivity contribution in [2.24, 2.45) is 10.2 Å². The highest BCUT2D eigenvalue weighted by atomic mass is 16.7. The van der Waals surface area contributed by atoms with Crippen molar-refractivity contribution >= 4 is 36.0 Å². The first kappa shape index (κ1) is 21.9. The molecule has 0 aromatic carbocycles. The predicted molar refractivity (Wildman–Crippen MR) is 101 cm³/mol. The average Bonchev–Trinajstić information content (AvgIpc) is 3.35. The molecule has 0 aliphatic rings. The zero-order chi connectivity index (χ0) is 21.9. The van der Waals surface area contributed by atoms with E-state index in [1.165, 1.54) is 12.1 Å². The Hall–Kier alpha value is -4.36. The second-order valence-electron chi connectivity index (χ2n) is 5.66. The minimum atomic E-state index is -0.694. The molecule has 158 valence electrons. The Morgan fingerprint density at radius 2 is 1.23 bits per heavy atom. The van der Waals surface area contributed by atoms with Gasteiger partial charge in [0, 0.05) is 12.8 Å². The Morgan fingerprint density at radius 3 is 1.57 bits per heavy atom. The molecule has 2 heterocycles. The molecule has 2 aromatic heterocycles. The molecule has 0 fully saturated rings. The number of furan rings is 2. The maximum atomic E-state index is 11.6. The van der Waals surface area contributed by atoms with Crippen molar-refractivity contribution in [3.05, 3.63) is 56.0 Å². The lowest BCUT2D eigenvalue weighted by molar-refractivity contribution is -0.402. The molecule has 0 unspecified atom stereocenters. The van der Waals surface area contributed by atoms with E-state index in [-0.39, 0.29) is 24.4 Å². The number of carbonyl (C=O) groups excluding carboxylic acids is 2. The highest BCUT2D eigenvalue weighted by molar-refractivity contribution is 5.81. The third kappa shape index (κ3) is 7.34. The van der Waals surface area contributed by atoms with Gasteiger partial charge in [-0.1, -0.05) is 0 Å². The van der Waals surface area contributed by atoms with Gasteiger partial charge in [-0.2, -0.15) is 10.2 Å². The van der Waals surface area contributed by atoms with Gasteiger partial charge >= 0.3 is 11.8 Å². The second kappa shape index (κ2) is 10.8. The summed E-state index contributed by atoms with van der Waals surface area (Å²) in [6.45, 7) is 0. The van der Waals surface area contributed by atoms with Gasteiger partial charge in [0.15, 0.2) is 11.5 Å². The van der Waals surface area contributed by atoms with Gasteiger partial charge in [0.1, 0.15) is 9.85 Å². The van der Waals surface area contributed by atoms with Crippen molar-refractivity contribution in [3.63, 3.8) is 0 Å². The van der Waals surface area contributed by atoms with E-state index < -0.39 is 33.4 Å². The third-order valence-corrected chi connectivity index (χ3v) is 3.40. The van der Waals surface area contributed by atoms with Crippen LogP contribution >= 0.6 is 0 Å². The summed E-state index contributed by atoms with van der Waals surface area (Å²) < 4.78 is 9.67. The van der Waals surface area contributed by atoms with Crippen molar-refractivity contribution in [2.45, 2.75) is 25.7 Å². The lowest BCUT2D eigenvalue weighted by Gasteiger charge is -2.00. The summed E-state index contributed by atoms with van der Waals surface area (Å²) in [6, 6.07) is 5.00. The van der Waals surface area contributed by atoms with Crippen LogP contribution in [0.3, 0.4) is 0 Å². The monoisotopic (exact) mass is 420 g/mol. The first-order chi connectivity index (χ1) is 14.3. The molecule has 0 aliphatic carbocycles. The minimum absolute atomic E-state index is 0.113. The number of carbonyl (C=O) groups is 2. The van der Waals surface area contributed by atoms with Gasteiger partial charge in [-0.15, -0.1) is 0 Å². The number of amides is 2. The minimum Gasteiger partial charge on any atom is -0.400 e. The summed E-state index contributed by atoms with van der Waals surface area (Å²) in [7, 11) is 0. The number of nitro groups is 2. The molecule has 0 spiro atoms. The number of hydrogen-bond donors (Lipinski definition) is 2. The second-order valence-corrected chi connectivity index (χ2v) is 5.66. The fraction of sp³-hybridized carbons (Fsp3) is 0.250. The summed E-state index contributed by atoms with van der Waals surface area (Å²) in [5, 5.41) is 28.2. The summed E-state index contributed by atoms with van der Waals surface area (Å²) in [4.78, 5) is 42.8. The first-order valence-electron chi connectivity index (χ1n) is 8.47. The molecule has 2 N–H and O–H groups in total. The molecule has 14 nitrogen and oxygen atoms in total. The van der Waals surface area contributed by atoms with Gasteiger partial charge in [0.25, 0.3) is 0 Å². The fourth-order valence-electron chi connectivity index (χ4n) is 2.04. The van der Waals surface area contributed by atoms with Crippen LogP contribution in [0.2, 0.25) is 0 Å². The van der Waals surface area contributed by atoms with Gasteiger partial charge in [-0.25, -0.2) is 10.9 Å². The van der Waals surface area contributed by atoms with E-state index >= 15 is 0 Å². The van der Waals surface area contributed by atoms with Crippen LogP contribution in [0.15, 0.2) is 43.3 Å². The molecule has 0 bridgehead atoms. The summed E-state index contributed by atoms with van der Waals surface area (Å²) in [5.74, 6) is -1.44. The molecule has 0 atom stereocenters. The van der Waals surface area contributed by atoms with E-state index in [1.807, 2.05) is 0 Å². The normalized spacial score (nSPS) is 11.1. The highest BCUT2D eigenvalue weighted by Crippen LogP contribution is 2.14. The molecule has 2 aromatic rings. The molecule has 0 saturated heterocycles. The van der Waals surface area contributed by atoms with Gasteiger partial charge in [0.2, 0.25) is 11.8 Å². The Labute approximate surface area is 167 Å². The molecule has 2 amide bonds. The van der Waals surface area contributed by atoms with E-state index in [1.54, 1.807) is 0 Å². The van der Waals surface area contributed by atoms with Crippen LogP contribution in [-0.2, 0) is 9.59 Å². The van der Waals surface area contributed by atoms with Gasteiger partial charge in [-0.3, -0.25) is 29.8 Å². The van der Waals surface area contributed by atoms with E-state index in [4.69, 9.17) is 8.83 Å². The smallest absolute Gasteiger partial charge is 0.400 e. The standard InChI is InChI=1S/C16H16N6O8/c23-13(19-17-9-11-5-7-15(29-11)21(25)26)3-1-2-4-14(24)20-18-10-12-6-8-16(30-12)22(27)28/h5-10H,1-4H2,(H,19,23)(H,20,24)/b17-9-,18-10-. The molecule has 14 heteroatoms. The summed E-state index contributed by atoms with van der Waals surface area (Å²) in [6.07, 6.45) is 3.31. The van der Waals surface area contributed by atoms with Crippen LogP contribution in [0.25, 0.3) is 0 Å². The van der Waals surface area contributed by atoms with Crippen LogP contribution in [0.5, 0.6) is 0 Å². The van der Waals surface area contributed by atoms with Crippen LogP contribution in [-0.4, -0.2) is 34.1 Å². The van der Waals surface area contributed by atoms with Gasteiger partial charge in [0.05, 0.1) is 24.6 Å². The van der Waals surface area contributed by atoms with Crippen LogP contribution < -0.4 is 10.9 Å². The first-order valence-corrected chi connectivity index (χ1v) is 8.47. The molecule has 0 aliphatic heterocycles. The van der Waals surface area contributed by atoms with Crippen LogP contribution in [0, 0.1) is 20.2 Å². The van der Waals surface area contributed by atoms with E-state index in [0.29, 0.717) is 12.8 Å². The molecule has 2 rings (SSSR count). The van der Waals surface area contributed by atoms with Gasteiger partial charge in [-0.05, 0) is 25.0 Å². The molecular formula is C16H16N6O8. The maximum Gasteiger partial charge on any atom is 0.433 e. The van der Waals surface area contributed by atoms with E-state index in [9.17, 15) is 29.8 Å². The summed E-state index contributed by atoms with van der Waals surface area (Å²) >= 11 is 0. The van der Waals surface area contributed by atoms with Crippen LogP contribution in [0.4, 0.5) is 11.8 Å². The lowest BCUT2D eigenvalue weighted by atomic mass is 10.2. The predicted octanol–water partition coefficient (Wildman–Crippen LogP) is 1.85. The van der Waals surface area contributed by atoms with E-state index in [0.717, 1.165) is 24.6 Å². The third-order valence-electron chi connectivity index (χ3n) is 3.40. The fourth-order valence-corrected chi connectivity index (χ4v) is 2.04. The molecule has 0 radical (unpaired) electrons. The zero-order valence-corrected chi connectivity index (χ0v) is 15.3. The Kier molecular flexibility index (Phi) is 7.93. The van der Waals surface area contributed by atoms with Crippen molar-refractivity contribution in [3.8, 4) is 0 Å². The number of hydrazone groups is 2. The van der Waals surface area contributed by atoms with Crippen molar-refractivity contribution in [1.29, 1.82) is 0 Å². The van der Waals surface area contributed by atoms with Crippen molar-refractivity contribution < 1.29 is 28.3 Å². The van der Waals surface area contributed by atoms with E-state index in [2.05, 4.69) is 21.1 Å². The highest BCUT2D eigenvalue weighted by Gasteiger charge is 2.11. The number of nitrogens with one attached hydrogen (secondary N) is 2. The van der Waals surface area contributed by atoms with Crippen molar-refractivity contribution in [2.75, 3.05) is 0 Å². The number of nitrogens with zero attached hydrogens (tertiary/aromatic N) is 4. The Morgan fingerprint density at radius 1 is 0.833 bits per heavy atom. The quantitative estimate of drug-likeness (QED) is 0.237. The molecule has 0 saturated carbocycles. The number of unbranched alkanes of at least 4 members (excludes halogenated alkanes) is 1. The lowest BCUT2D eigenvalue weighted by Crippen LogP contribution is -2.18. The SMILES string of the molecule is O=C(CCCCC(=O)N/N=C\c1ccc([N+](=O)[O-])o1)N/N=C\c1ccc([N+](=O)[O-])o1. The number of rotatable bonds is 11. The Balaban J connectivity index is 1.59. The molecule has 30 heavy (non-hydrogen) atoms. The maximum absolute atomic E-state index is 11.6. The largest absolute Gasteiger partial charge is 0.433 e. The van der Waals surface area contributed by atoms with Crippen LogP contribution in [0.1, 0.15) is 37.2 Å². The summed E-state index contributed by atoms with van der Waals surface area (Å²) in [5.41, 5.74) is 4.48. The average molecular weight is 420 g/mol. The topological polar surface area (TPSA) is 195 Å². The zero-order valence-electron chi connectivity index (χ0n) is 15.3.